The molecular formula is C23H23F2N5O. The van der Waals surface area contributed by atoms with Crippen molar-refractivity contribution in [3.63, 3.8) is 0 Å². The molecule has 3 aromatic rings. The van der Waals surface area contributed by atoms with Crippen LogP contribution in [0, 0.1) is 25.5 Å². The zero-order valence-electron chi connectivity index (χ0n) is 17.4. The minimum atomic E-state index is -0.717. The quantitative estimate of drug-likeness (QED) is 0.693. The highest BCUT2D eigenvalue weighted by Gasteiger charge is 2.29. The Morgan fingerprint density at radius 1 is 1.10 bits per heavy atom. The fraction of sp³-hybridized carbons (Fsp3) is 0.304. The first-order valence-corrected chi connectivity index (χ1v) is 10.1. The number of carbonyl (C=O) groups is 1. The number of aromatic nitrogens is 3. The van der Waals surface area contributed by atoms with Crippen molar-refractivity contribution in [2.75, 3.05) is 18.8 Å². The molecule has 1 unspecified atom stereocenters. The Balaban J connectivity index is 1.50. The summed E-state index contributed by atoms with van der Waals surface area (Å²) in [6.07, 6.45) is 0.793. The second-order valence-corrected chi connectivity index (χ2v) is 7.87. The van der Waals surface area contributed by atoms with Gasteiger partial charge in [0.25, 0.3) is 0 Å². The number of benzene rings is 1. The Kier molecular flexibility index (Phi) is 5.63. The van der Waals surface area contributed by atoms with Crippen molar-refractivity contribution in [2.24, 2.45) is 0 Å². The van der Waals surface area contributed by atoms with E-state index in [1.165, 1.54) is 12.1 Å². The smallest absolute Gasteiger partial charge is 0.228 e. The standard InChI is InChI=1S/C23H23F2N5O/c1-13-9-14(2)28-23(27-13)15-7-8-30(12-15)22(31)11-21-19(26)5-6-20(29-21)17-4-3-16(24)10-18(17)25/h3-6,9-10,15H,7-8,11-12,26H2,1-2H3. The normalized spacial score (nSPS) is 16.0. The van der Waals surface area contributed by atoms with E-state index in [-0.39, 0.29) is 23.8 Å². The zero-order valence-corrected chi connectivity index (χ0v) is 17.4. The lowest BCUT2D eigenvalue weighted by atomic mass is 10.1. The molecule has 2 aromatic heterocycles. The molecule has 1 aliphatic rings. The van der Waals surface area contributed by atoms with Gasteiger partial charge in [0.2, 0.25) is 5.91 Å². The van der Waals surface area contributed by atoms with Crippen molar-refractivity contribution in [3.05, 3.63) is 70.9 Å². The summed E-state index contributed by atoms with van der Waals surface area (Å²) in [6, 6.07) is 8.36. The molecule has 2 N–H and O–H groups in total. The Morgan fingerprint density at radius 3 is 2.55 bits per heavy atom. The third kappa shape index (κ3) is 4.52. The molecule has 8 heteroatoms. The SMILES string of the molecule is Cc1cc(C)nc(C2CCN(C(=O)Cc3nc(-c4ccc(F)cc4F)ccc3N)C2)n1. The van der Waals surface area contributed by atoms with Crippen molar-refractivity contribution in [3.8, 4) is 11.3 Å². The number of nitrogen functional groups attached to an aromatic ring is 1. The number of nitrogens with zero attached hydrogens (tertiary/aromatic N) is 4. The van der Waals surface area contributed by atoms with Gasteiger partial charge in [0, 0.05) is 42.0 Å². The van der Waals surface area contributed by atoms with Crippen molar-refractivity contribution in [1.82, 2.24) is 19.9 Å². The van der Waals surface area contributed by atoms with Crippen LogP contribution >= 0.6 is 0 Å². The number of hydrogen-bond donors (Lipinski definition) is 1. The third-order valence-corrected chi connectivity index (χ3v) is 5.44. The lowest BCUT2D eigenvalue weighted by Gasteiger charge is -2.17. The average molecular weight is 423 g/mol. The monoisotopic (exact) mass is 423 g/mol. The van der Waals surface area contributed by atoms with Gasteiger partial charge in [0.1, 0.15) is 17.5 Å². The molecule has 0 aliphatic carbocycles. The highest BCUT2D eigenvalue weighted by molar-refractivity contribution is 5.80. The number of amides is 1. The van der Waals surface area contributed by atoms with Crippen LogP contribution in [-0.4, -0.2) is 38.8 Å². The molecule has 4 rings (SSSR count). The summed E-state index contributed by atoms with van der Waals surface area (Å²) in [5.41, 5.74) is 9.03. The van der Waals surface area contributed by atoms with E-state index in [1.54, 1.807) is 17.0 Å². The summed E-state index contributed by atoms with van der Waals surface area (Å²) in [4.78, 5) is 28.1. The highest BCUT2D eigenvalue weighted by Crippen LogP contribution is 2.27. The van der Waals surface area contributed by atoms with Crippen molar-refractivity contribution < 1.29 is 13.6 Å². The summed E-state index contributed by atoms with van der Waals surface area (Å²) in [7, 11) is 0. The van der Waals surface area contributed by atoms with Gasteiger partial charge in [-0.1, -0.05) is 0 Å². The number of likely N-dealkylation sites (tertiary alicyclic amines) is 1. The molecule has 1 atom stereocenters. The Hall–Kier alpha value is -3.42. The van der Waals surface area contributed by atoms with Crippen molar-refractivity contribution in [1.29, 1.82) is 0 Å². The summed E-state index contributed by atoms with van der Waals surface area (Å²) in [5.74, 6) is -0.636. The van der Waals surface area contributed by atoms with E-state index in [9.17, 15) is 13.6 Å². The van der Waals surface area contributed by atoms with Crippen LogP contribution < -0.4 is 5.73 Å². The van der Waals surface area contributed by atoms with Crippen LogP contribution in [-0.2, 0) is 11.2 Å². The number of hydrogen-bond acceptors (Lipinski definition) is 5. The third-order valence-electron chi connectivity index (χ3n) is 5.44. The predicted molar refractivity (Wildman–Crippen MR) is 113 cm³/mol. The van der Waals surface area contributed by atoms with Gasteiger partial charge in [0.05, 0.1) is 23.5 Å². The minimum absolute atomic E-state index is 0.00289. The number of pyridine rings is 1. The number of aryl methyl sites for hydroxylation is 2. The van der Waals surface area contributed by atoms with Gasteiger partial charge in [0.15, 0.2) is 0 Å². The molecule has 0 spiro atoms. The van der Waals surface area contributed by atoms with E-state index in [0.717, 1.165) is 29.7 Å². The van der Waals surface area contributed by atoms with Gasteiger partial charge in [-0.15, -0.1) is 0 Å². The lowest BCUT2D eigenvalue weighted by molar-refractivity contribution is -0.129. The number of carbonyl (C=O) groups excluding carboxylic acids is 1. The van der Waals surface area contributed by atoms with Gasteiger partial charge >= 0.3 is 0 Å². The van der Waals surface area contributed by atoms with Crippen LogP contribution in [0.1, 0.15) is 35.2 Å². The van der Waals surface area contributed by atoms with E-state index in [2.05, 4.69) is 15.0 Å². The van der Waals surface area contributed by atoms with Gasteiger partial charge in [-0.25, -0.2) is 18.7 Å². The van der Waals surface area contributed by atoms with E-state index in [1.807, 2.05) is 19.9 Å². The predicted octanol–water partition coefficient (Wildman–Crippen LogP) is 3.57. The number of halogens is 2. The highest BCUT2D eigenvalue weighted by atomic mass is 19.1. The van der Waals surface area contributed by atoms with E-state index in [4.69, 9.17) is 5.73 Å². The number of nitrogens with two attached hydrogens (primary N) is 1. The van der Waals surface area contributed by atoms with E-state index < -0.39 is 11.6 Å². The Morgan fingerprint density at radius 2 is 1.84 bits per heavy atom. The van der Waals surface area contributed by atoms with Crippen molar-refractivity contribution in [2.45, 2.75) is 32.6 Å². The molecule has 31 heavy (non-hydrogen) atoms. The molecule has 0 bridgehead atoms. The van der Waals surface area contributed by atoms with E-state index in [0.29, 0.717) is 30.2 Å². The second-order valence-electron chi connectivity index (χ2n) is 7.87. The van der Waals surface area contributed by atoms with Gasteiger partial charge < -0.3 is 10.6 Å². The molecule has 1 amide bonds. The summed E-state index contributed by atoms with van der Waals surface area (Å²) in [5, 5.41) is 0. The van der Waals surface area contributed by atoms with Crippen LogP contribution in [0.15, 0.2) is 36.4 Å². The maximum Gasteiger partial charge on any atom is 0.228 e. The maximum absolute atomic E-state index is 14.1. The summed E-state index contributed by atoms with van der Waals surface area (Å²) < 4.78 is 27.3. The van der Waals surface area contributed by atoms with Crippen LogP contribution in [0.4, 0.5) is 14.5 Å². The molecule has 1 saturated heterocycles. The molecular weight excluding hydrogens is 400 g/mol. The summed E-state index contributed by atoms with van der Waals surface area (Å²) in [6.45, 7) is 5.00. The largest absolute Gasteiger partial charge is 0.397 e. The molecule has 0 radical (unpaired) electrons. The Bertz CT molecular complexity index is 1130. The molecule has 1 aliphatic heterocycles. The second kappa shape index (κ2) is 8.37. The van der Waals surface area contributed by atoms with Crippen molar-refractivity contribution >= 4 is 11.6 Å². The molecule has 0 saturated carbocycles. The number of rotatable bonds is 4. The van der Waals surface area contributed by atoms with Gasteiger partial charge in [-0.3, -0.25) is 9.78 Å². The first-order chi connectivity index (χ1) is 14.8. The summed E-state index contributed by atoms with van der Waals surface area (Å²) >= 11 is 0. The van der Waals surface area contributed by atoms with Crippen LogP contribution in [0.2, 0.25) is 0 Å². The first kappa shape index (κ1) is 20.8. The van der Waals surface area contributed by atoms with Gasteiger partial charge in [-0.2, -0.15) is 0 Å². The van der Waals surface area contributed by atoms with Crippen LogP contribution in [0.5, 0.6) is 0 Å². The fourth-order valence-corrected chi connectivity index (χ4v) is 3.89. The molecule has 1 fully saturated rings. The lowest BCUT2D eigenvalue weighted by Crippen LogP contribution is -2.30. The van der Waals surface area contributed by atoms with Crippen LogP contribution in [0.25, 0.3) is 11.3 Å². The molecule has 6 nitrogen and oxygen atoms in total. The zero-order chi connectivity index (χ0) is 22.1. The van der Waals surface area contributed by atoms with E-state index >= 15 is 0 Å². The average Bonchev–Trinajstić information content (AvgIpc) is 3.20. The molecule has 3 heterocycles. The van der Waals surface area contributed by atoms with Crippen LogP contribution in [0.3, 0.4) is 0 Å². The molecule has 160 valence electrons. The molecule has 1 aromatic carbocycles. The first-order valence-electron chi connectivity index (χ1n) is 10.1. The van der Waals surface area contributed by atoms with Gasteiger partial charge in [-0.05, 0) is 50.6 Å². The minimum Gasteiger partial charge on any atom is -0.397 e. The maximum atomic E-state index is 14.1. The number of anilines is 1. The fourth-order valence-electron chi connectivity index (χ4n) is 3.89. The topological polar surface area (TPSA) is 85.0 Å². The Labute approximate surface area is 179 Å².